The normalized spacial score (nSPS) is 12.4. The number of rotatable bonds is 6. The van der Waals surface area contributed by atoms with Crippen LogP contribution in [0.5, 0.6) is 0 Å². The molecule has 0 unspecified atom stereocenters. The molecule has 1 N–H and O–H groups in total. The van der Waals surface area contributed by atoms with E-state index in [9.17, 15) is 0 Å². The first-order chi connectivity index (χ1) is 8.42. The van der Waals surface area contributed by atoms with E-state index < -0.39 is 0 Å². The standard InChI is InChI=1S/C15H29N3/c1-7-13(8-2)18-14(9-3)12(11-17-18)10-16-15(4,5)6/h11,13,16H,7-10H2,1-6H3. The molecule has 1 aromatic rings. The van der Waals surface area contributed by atoms with Gasteiger partial charge in [-0.1, -0.05) is 20.8 Å². The van der Waals surface area contributed by atoms with Crippen LogP contribution in [0, 0.1) is 0 Å². The number of aromatic nitrogens is 2. The zero-order chi connectivity index (χ0) is 13.8. The van der Waals surface area contributed by atoms with Crippen LogP contribution in [0.1, 0.15) is 71.7 Å². The summed E-state index contributed by atoms with van der Waals surface area (Å²) in [7, 11) is 0. The minimum atomic E-state index is 0.155. The molecular formula is C15H29N3. The summed E-state index contributed by atoms with van der Waals surface area (Å²) in [6.07, 6.45) is 5.39. The topological polar surface area (TPSA) is 29.9 Å². The summed E-state index contributed by atoms with van der Waals surface area (Å²) in [6.45, 7) is 14.2. The first-order valence-corrected chi connectivity index (χ1v) is 7.23. The van der Waals surface area contributed by atoms with Gasteiger partial charge in [0, 0.05) is 23.3 Å². The van der Waals surface area contributed by atoms with Gasteiger partial charge in [0.2, 0.25) is 0 Å². The highest BCUT2D eigenvalue weighted by Crippen LogP contribution is 2.20. The number of nitrogens with one attached hydrogen (secondary N) is 1. The van der Waals surface area contributed by atoms with Crippen molar-refractivity contribution in [1.82, 2.24) is 15.1 Å². The van der Waals surface area contributed by atoms with Crippen molar-refractivity contribution in [2.45, 2.75) is 78.9 Å². The highest BCUT2D eigenvalue weighted by molar-refractivity contribution is 5.18. The average Bonchev–Trinajstić information content (AvgIpc) is 2.70. The molecule has 0 aromatic carbocycles. The lowest BCUT2D eigenvalue weighted by atomic mass is 10.1. The van der Waals surface area contributed by atoms with Crippen LogP contribution in [0.3, 0.4) is 0 Å². The van der Waals surface area contributed by atoms with Crippen LogP contribution in [-0.4, -0.2) is 15.3 Å². The van der Waals surface area contributed by atoms with E-state index in [0.717, 1.165) is 25.8 Å². The molecule has 3 heteroatoms. The summed E-state index contributed by atoms with van der Waals surface area (Å²) >= 11 is 0. The molecule has 0 saturated carbocycles. The molecule has 0 aliphatic carbocycles. The Hall–Kier alpha value is -0.830. The van der Waals surface area contributed by atoms with Crippen LogP contribution < -0.4 is 5.32 Å². The Morgan fingerprint density at radius 3 is 2.28 bits per heavy atom. The van der Waals surface area contributed by atoms with Gasteiger partial charge in [-0.3, -0.25) is 4.68 Å². The molecule has 0 atom stereocenters. The third kappa shape index (κ3) is 3.84. The highest BCUT2D eigenvalue weighted by Gasteiger charge is 2.16. The first kappa shape index (κ1) is 15.2. The van der Waals surface area contributed by atoms with E-state index in [1.807, 2.05) is 6.20 Å². The molecule has 1 aromatic heterocycles. The zero-order valence-electron chi connectivity index (χ0n) is 12.9. The highest BCUT2D eigenvalue weighted by atomic mass is 15.3. The van der Waals surface area contributed by atoms with Gasteiger partial charge in [-0.05, 0) is 40.0 Å². The van der Waals surface area contributed by atoms with E-state index in [1.165, 1.54) is 11.3 Å². The molecular weight excluding hydrogens is 222 g/mol. The molecule has 0 fully saturated rings. The van der Waals surface area contributed by atoms with E-state index in [-0.39, 0.29) is 5.54 Å². The SMILES string of the molecule is CCc1c(CNC(C)(C)C)cnn1C(CC)CC. The monoisotopic (exact) mass is 251 g/mol. The maximum Gasteiger partial charge on any atom is 0.0537 e. The van der Waals surface area contributed by atoms with Crippen molar-refractivity contribution in [3.8, 4) is 0 Å². The third-order valence-corrected chi connectivity index (χ3v) is 3.42. The van der Waals surface area contributed by atoms with Crippen LogP contribution in [0.4, 0.5) is 0 Å². The lowest BCUT2D eigenvalue weighted by Gasteiger charge is -2.21. The van der Waals surface area contributed by atoms with E-state index in [0.29, 0.717) is 6.04 Å². The summed E-state index contributed by atoms with van der Waals surface area (Å²) in [6, 6.07) is 0.545. The van der Waals surface area contributed by atoms with E-state index in [1.54, 1.807) is 0 Å². The van der Waals surface area contributed by atoms with Crippen molar-refractivity contribution >= 4 is 0 Å². The van der Waals surface area contributed by atoms with Crippen LogP contribution in [0.25, 0.3) is 0 Å². The number of hydrogen-bond donors (Lipinski definition) is 1. The Balaban J connectivity index is 2.88. The third-order valence-electron chi connectivity index (χ3n) is 3.42. The fraction of sp³-hybridized carbons (Fsp3) is 0.800. The minimum Gasteiger partial charge on any atom is -0.308 e. The maximum atomic E-state index is 4.61. The molecule has 0 radical (unpaired) electrons. The Morgan fingerprint density at radius 1 is 1.22 bits per heavy atom. The molecule has 0 aliphatic heterocycles. The van der Waals surface area contributed by atoms with Gasteiger partial charge in [0.15, 0.2) is 0 Å². The van der Waals surface area contributed by atoms with Gasteiger partial charge in [-0.25, -0.2) is 0 Å². The quantitative estimate of drug-likeness (QED) is 0.835. The van der Waals surface area contributed by atoms with Crippen molar-refractivity contribution in [3.63, 3.8) is 0 Å². The van der Waals surface area contributed by atoms with Crippen molar-refractivity contribution in [1.29, 1.82) is 0 Å². The maximum absolute atomic E-state index is 4.61. The molecule has 0 amide bonds. The molecule has 1 heterocycles. The molecule has 104 valence electrons. The minimum absolute atomic E-state index is 0.155. The Labute approximate surface area is 112 Å². The summed E-state index contributed by atoms with van der Waals surface area (Å²) in [5.74, 6) is 0. The summed E-state index contributed by atoms with van der Waals surface area (Å²) in [4.78, 5) is 0. The van der Waals surface area contributed by atoms with Crippen LogP contribution >= 0.6 is 0 Å². The zero-order valence-corrected chi connectivity index (χ0v) is 12.9. The van der Waals surface area contributed by atoms with Crippen LogP contribution in [0.2, 0.25) is 0 Å². The van der Waals surface area contributed by atoms with Crippen LogP contribution in [-0.2, 0) is 13.0 Å². The Kier molecular flexibility index (Phi) is 5.39. The molecule has 3 nitrogen and oxygen atoms in total. The summed E-state index contributed by atoms with van der Waals surface area (Å²) < 4.78 is 2.24. The molecule has 1 rings (SSSR count). The second-order valence-electron chi connectivity index (χ2n) is 5.99. The van der Waals surface area contributed by atoms with Gasteiger partial charge in [-0.15, -0.1) is 0 Å². The second kappa shape index (κ2) is 6.37. The van der Waals surface area contributed by atoms with E-state index in [4.69, 9.17) is 0 Å². The largest absolute Gasteiger partial charge is 0.308 e. The second-order valence-corrected chi connectivity index (χ2v) is 5.99. The van der Waals surface area contributed by atoms with Gasteiger partial charge in [-0.2, -0.15) is 5.10 Å². The van der Waals surface area contributed by atoms with Gasteiger partial charge >= 0.3 is 0 Å². The molecule has 0 saturated heterocycles. The summed E-state index contributed by atoms with van der Waals surface area (Å²) in [5, 5.41) is 8.15. The van der Waals surface area contributed by atoms with Crippen LogP contribution in [0.15, 0.2) is 6.20 Å². The molecule has 0 aliphatic rings. The van der Waals surface area contributed by atoms with Crippen molar-refractivity contribution in [2.75, 3.05) is 0 Å². The van der Waals surface area contributed by atoms with Crippen molar-refractivity contribution < 1.29 is 0 Å². The lowest BCUT2D eigenvalue weighted by molar-refractivity contribution is 0.409. The Morgan fingerprint density at radius 2 is 1.83 bits per heavy atom. The van der Waals surface area contributed by atoms with Gasteiger partial charge in [0.05, 0.1) is 12.2 Å². The first-order valence-electron chi connectivity index (χ1n) is 7.23. The molecule has 18 heavy (non-hydrogen) atoms. The number of hydrogen-bond acceptors (Lipinski definition) is 2. The van der Waals surface area contributed by atoms with Gasteiger partial charge in [0.1, 0.15) is 0 Å². The van der Waals surface area contributed by atoms with Gasteiger partial charge < -0.3 is 5.32 Å². The van der Waals surface area contributed by atoms with Crippen molar-refractivity contribution in [2.24, 2.45) is 0 Å². The smallest absolute Gasteiger partial charge is 0.0537 e. The summed E-state index contributed by atoms with van der Waals surface area (Å²) in [5.41, 5.74) is 2.89. The average molecular weight is 251 g/mol. The van der Waals surface area contributed by atoms with Crippen molar-refractivity contribution in [3.05, 3.63) is 17.5 Å². The van der Waals surface area contributed by atoms with Gasteiger partial charge in [0.25, 0.3) is 0 Å². The Bertz CT molecular complexity index is 356. The lowest BCUT2D eigenvalue weighted by Crippen LogP contribution is -2.35. The predicted octanol–water partition coefficient (Wildman–Crippen LogP) is 3.69. The predicted molar refractivity (Wildman–Crippen MR) is 77.8 cm³/mol. The molecule has 0 spiro atoms. The van der Waals surface area contributed by atoms with E-state index >= 15 is 0 Å². The fourth-order valence-electron chi connectivity index (χ4n) is 2.27. The fourth-order valence-corrected chi connectivity index (χ4v) is 2.27. The molecule has 0 bridgehead atoms. The van der Waals surface area contributed by atoms with E-state index in [2.05, 4.69) is 56.6 Å². The number of nitrogens with zero attached hydrogens (tertiary/aromatic N) is 2.